The molecule has 3 rings (SSSR count). The van der Waals surface area contributed by atoms with Crippen molar-refractivity contribution >= 4 is 21.8 Å². The quantitative estimate of drug-likeness (QED) is 0.831. The predicted molar refractivity (Wildman–Crippen MR) is 83.0 cm³/mol. The first-order chi connectivity index (χ1) is 9.74. The summed E-state index contributed by atoms with van der Waals surface area (Å²) in [7, 11) is 0. The van der Waals surface area contributed by atoms with E-state index < -0.39 is 0 Å². The molecule has 100 valence electrons. The van der Waals surface area contributed by atoms with Crippen molar-refractivity contribution in [3.63, 3.8) is 0 Å². The van der Waals surface area contributed by atoms with Crippen LogP contribution in [0.2, 0.25) is 0 Å². The van der Waals surface area contributed by atoms with Crippen molar-refractivity contribution in [2.24, 2.45) is 0 Å². The number of nitrogens with zero attached hydrogens (tertiary/aromatic N) is 1. The highest BCUT2D eigenvalue weighted by Gasteiger charge is 2.26. The normalized spacial score (nSPS) is 17.8. The minimum atomic E-state index is 0.0239. The largest absolute Gasteiger partial charge is 0.324 e. The lowest BCUT2D eigenvalue weighted by atomic mass is 10.1. The van der Waals surface area contributed by atoms with Crippen molar-refractivity contribution in [3.05, 3.63) is 82.3 Å². The monoisotopic (exact) mass is 327 g/mol. The van der Waals surface area contributed by atoms with Gasteiger partial charge in [-0.05, 0) is 23.3 Å². The Morgan fingerprint density at radius 3 is 2.40 bits per heavy atom. The highest BCUT2D eigenvalue weighted by Crippen LogP contribution is 2.29. The van der Waals surface area contributed by atoms with Crippen LogP contribution in [0, 0.1) is 0 Å². The molecule has 1 aliphatic heterocycles. The third-order valence-electron chi connectivity index (χ3n) is 3.45. The summed E-state index contributed by atoms with van der Waals surface area (Å²) in [5, 5.41) is 0. The summed E-state index contributed by atoms with van der Waals surface area (Å²) < 4.78 is 1.05. The standard InChI is InChI=1S/C17H14BrNO/c18-15-8-6-14(7-9-15)16-10-11-17(20)19(16)12-13-4-2-1-3-5-13/h1-11,16H,12H2. The van der Waals surface area contributed by atoms with Crippen molar-refractivity contribution in [2.45, 2.75) is 12.6 Å². The number of hydrogen-bond acceptors (Lipinski definition) is 1. The van der Waals surface area contributed by atoms with E-state index in [4.69, 9.17) is 0 Å². The summed E-state index contributed by atoms with van der Waals surface area (Å²) >= 11 is 3.44. The second-order valence-corrected chi connectivity index (χ2v) is 5.72. The maximum absolute atomic E-state index is 12.1. The topological polar surface area (TPSA) is 20.3 Å². The molecule has 1 unspecified atom stereocenters. The van der Waals surface area contributed by atoms with Crippen molar-refractivity contribution in [1.29, 1.82) is 0 Å². The maximum Gasteiger partial charge on any atom is 0.247 e. The van der Waals surface area contributed by atoms with Gasteiger partial charge in [0.15, 0.2) is 0 Å². The smallest absolute Gasteiger partial charge is 0.247 e. The van der Waals surface area contributed by atoms with Gasteiger partial charge in [0.25, 0.3) is 0 Å². The molecule has 1 aliphatic rings. The Bertz CT molecular complexity index is 634. The van der Waals surface area contributed by atoms with E-state index in [0.717, 1.165) is 15.6 Å². The van der Waals surface area contributed by atoms with E-state index in [0.29, 0.717) is 6.54 Å². The lowest BCUT2D eigenvalue weighted by Crippen LogP contribution is -2.27. The molecule has 0 spiro atoms. The summed E-state index contributed by atoms with van der Waals surface area (Å²) in [6, 6.07) is 18.2. The van der Waals surface area contributed by atoms with Crippen LogP contribution in [0.1, 0.15) is 17.2 Å². The van der Waals surface area contributed by atoms with Gasteiger partial charge in [0.2, 0.25) is 5.91 Å². The average molecular weight is 328 g/mol. The van der Waals surface area contributed by atoms with Crippen LogP contribution in [0.25, 0.3) is 0 Å². The first kappa shape index (κ1) is 13.1. The number of amides is 1. The van der Waals surface area contributed by atoms with Gasteiger partial charge in [0.1, 0.15) is 0 Å². The van der Waals surface area contributed by atoms with Crippen LogP contribution < -0.4 is 0 Å². The third-order valence-corrected chi connectivity index (χ3v) is 3.98. The van der Waals surface area contributed by atoms with Gasteiger partial charge in [0.05, 0.1) is 6.04 Å². The second kappa shape index (κ2) is 5.63. The first-order valence-corrected chi connectivity index (χ1v) is 7.31. The predicted octanol–water partition coefficient (Wildman–Crippen LogP) is 4.09. The molecule has 0 radical (unpaired) electrons. The highest BCUT2D eigenvalue weighted by molar-refractivity contribution is 9.10. The summed E-state index contributed by atoms with van der Waals surface area (Å²) in [6.07, 6.45) is 3.63. The lowest BCUT2D eigenvalue weighted by Gasteiger charge is -2.25. The zero-order chi connectivity index (χ0) is 13.9. The van der Waals surface area contributed by atoms with Crippen LogP contribution in [0.5, 0.6) is 0 Å². The Morgan fingerprint density at radius 1 is 1.00 bits per heavy atom. The van der Waals surface area contributed by atoms with Crippen molar-refractivity contribution in [3.8, 4) is 0 Å². The van der Waals surface area contributed by atoms with Crippen LogP contribution in [0.3, 0.4) is 0 Å². The summed E-state index contributed by atoms with van der Waals surface area (Å²) in [6.45, 7) is 0.632. The summed E-state index contributed by atoms with van der Waals surface area (Å²) in [5.41, 5.74) is 2.28. The highest BCUT2D eigenvalue weighted by atomic mass is 79.9. The fourth-order valence-corrected chi connectivity index (χ4v) is 2.68. The molecule has 1 amide bonds. The van der Waals surface area contributed by atoms with Crippen molar-refractivity contribution < 1.29 is 4.79 Å². The lowest BCUT2D eigenvalue weighted by molar-refractivity contribution is -0.126. The van der Waals surface area contributed by atoms with Crippen molar-refractivity contribution in [2.75, 3.05) is 0 Å². The molecular weight excluding hydrogens is 314 g/mol. The van der Waals surface area contributed by atoms with E-state index in [2.05, 4.69) is 28.1 Å². The molecular formula is C17H14BrNO. The fraction of sp³-hybridized carbons (Fsp3) is 0.118. The molecule has 20 heavy (non-hydrogen) atoms. The maximum atomic E-state index is 12.1. The Labute approximate surface area is 126 Å². The van der Waals surface area contributed by atoms with Gasteiger partial charge in [-0.25, -0.2) is 0 Å². The molecule has 2 nitrogen and oxygen atoms in total. The first-order valence-electron chi connectivity index (χ1n) is 6.52. The van der Waals surface area contributed by atoms with Gasteiger partial charge in [-0.1, -0.05) is 64.5 Å². The molecule has 0 bridgehead atoms. The number of rotatable bonds is 3. The molecule has 0 saturated heterocycles. The molecule has 0 saturated carbocycles. The zero-order valence-electron chi connectivity index (χ0n) is 10.9. The van der Waals surface area contributed by atoms with E-state index in [-0.39, 0.29) is 11.9 Å². The van der Waals surface area contributed by atoms with Crippen LogP contribution in [-0.4, -0.2) is 10.8 Å². The van der Waals surface area contributed by atoms with Gasteiger partial charge in [-0.3, -0.25) is 4.79 Å². The third kappa shape index (κ3) is 2.68. The van der Waals surface area contributed by atoms with E-state index in [1.54, 1.807) is 6.08 Å². The Kier molecular flexibility index (Phi) is 3.70. The van der Waals surface area contributed by atoms with Gasteiger partial charge < -0.3 is 4.90 Å². The van der Waals surface area contributed by atoms with E-state index in [9.17, 15) is 4.79 Å². The minimum Gasteiger partial charge on any atom is -0.324 e. The SMILES string of the molecule is O=C1C=CC(c2ccc(Br)cc2)N1Cc1ccccc1. The molecule has 0 aliphatic carbocycles. The molecule has 2 aromatic carbocycles. The minimum absolute atomic E-state index is 0.0239. The number of halogens is 1. The van der Waals surface area contributed by atoms with E-state index in [1.165, 1.54) is 0 Å². The second-order valence-electron chi connectivity index (χ2n) is 4.81. The molecule has 2 aromatic rings. The van der Waals surface area contributed by atoms with Crippen LogP contribution >= 0.6 is 15.9 Å². The Balaban J connectivity index is 1.85. The van der Waals surface area contributed by atoms with Gasteiger partial charge in [-0.2, -0.15) is 0 Å². The summed E-state index contributed by atoms with van der Waals surface area (Å²) in [5.74, 6) is 0.0711. The molecule has 0 fully saturated rings. The number of benzene rings is 2. The zero-order valence-corrected chi connectivity index (χ0v) is 12.5. The molecule has 1 atom stereocenters. The van der Waals surface area contributed by atoms with E-state index >= 15 is 0 Å². The molecule has 0 aromatic heterocycles. The number of carbonyl (C=O) groups is 1. The Morgan fingerprint density at radius 2 is 1.70 bits per heavy atom. The van der Waals surface area contributed by atoms with Gasteiger partial charge in [0, 0.05) is 17.1 Å². The molecule has 3 heteroatoms. The molecule has 1 heterocycles. The van der Waals surface area contributed by atoms with Gasteiger partial charge >= 0.3 is 0 Å². The summed E-state index contributed by atoms with van der Waals surface area (Å²) in [4.78, 5) is 13.9. The van der Waals surface area contributed by atoms with Crippen LogP contribution in [0.4, 0.5) is 0 Å². The number of hydrogen-bond donors (Lipinski definition) is 0. The van der Waals surface area contributed by atoms with Gasteiger partial charge in [-0.15, -0.1) is 0 Å². The Hall–Kier alpha value is -1.87. The van der Waals surface area contributed by atoms with Crippen LogP contribution in [0.15, 0.2) is 71.2 Å². The fourth-order valence-electron chi connectivity index (χ4n) is 2.42. The molecule has 0 N–H and O–H groups in total. The van der Waals surface area contributed by atoms with Crippen molar-refractivity contribution in [1.82, 2.24) is 4.90 Å². The number of carbonyl (C=O) groups excluding carboxylic acids is 1. The van der Waals surface area contributed by atoms with E-state index in [1.807, 2.05) is 53.4 Å². The average Bonchev–Trinajstić information content (AvgIpc) is 2.83. The van der Waals surface area contributed by atoms with Crippen LogP contribution in [-0.2, 0) is 11.3 Å².